The predicted molar refractivity (Wildman–Crippen MR) is 82.9 cm³/mol. The number of rotatable bonds is 3. The van der Waals surface area contributed by atoms with E-state index >= 15 is 0 Å². The third kappa shape index (κ3) is 2.35. The summed E-state index contributed by atoms with van der Waals surface area (Å²) in [5.41, 5.74) is 0.767. The zero-order chi connectivity index (χ0) is 14.4. The lowest BCUT2D eigenvalue weighted by atomic mass is 10.2. The van der Waals surface area contributed by atoms with Crippen LogP contribution in [0, 0.1) is 0 Å². The van der Waals surface area contributed by atoms with E-state index in [1.807, 2.05) is 29.1 Å². The van der Waals surface area contributed by atoms with Gasteiger partial charge in [0.2, 0.25) is 0 Å². The third-order valence-corrected chi connectivity index (χ3v) is 4.01. The van der Waals surface area contributed by atoms with Crippen LogP contribution < -0.4 is 5.56 Å². The highest BCUT2D eigenvalue weighted by atomic mass is 32.1. The van der Waals surface area contributed by atoms with Crippen LogP contribution in [0.4, 0.5) is 0 Å². The highest BCUT2D eigenvalue weighted by molar-refractivity contribution is 7.80. The number of thiol groups is 1. The molecule has 0 N–H and O–H groups in total. The van der Waals surface area contributed by atoms with Gasteiger partial charge in [-0.25, -0.2) is 4.68 Å². The minimum Gasteiger partial charge on any atom is -0.269 e. The Hall–Kier alpha value is -2.08. The molecule has 0 atom stereocenters. The molecule has 0 spiro atoms. The summed E-state index contributed by atoms with van der Waals surface area (Å²) in [5.74, 6) is 0. The number of fused-ring (bicyclic) bond motifs is 1. The van der Waals surface area contributed by atoms with Crippen LogP contribution in [0.3, 0.4) is 0 Å². The second kappa shape index (κ2) is 4.73. The van der Waals surface area contributed by atoms with Crippen molar-refractivity contribution in [2.24, 2.45) is 0 Å². The van der Waals surface area contributed by atoms with Crippen LogP contribution in [-0.2, 0) is 6.54 Å². The standard InChI is InChI=1S/C15H14N4OS/c20-15-14-4-3-13(21)7-10(14)8-16-19(15)9-11-5-6-18(17-11)12-1-2-12/h3-8,12,21H,1-2,9H2. The van der Waals surface area contributed by atoms with Crippen molar-refractivity contribution in [3.05, 3.63) is 52.7 Å². The minimum absolute atomic E-state index is 0.0956. The molecule has 6 heteroatoms. The first kappa shape index (κ1) is 12.6. The van der Waals surface area contributed by atoms with Gasteiger partial charge in [0.25, 0.3) is 5.56 Å². The van der Waals surface area contributed by atoms with Crippen LogP contribution in [0.2, 0.25) is 0 Å². The van der Waals surface area contributed by atoms with E-state index in [2.05, 4.69) is 22.8 Å². The van der Waals surface area contributed by atoms with Crippen molar-refractivity contribution >= 4 is 23.4 Å². The van der Waals surface area contributed by atoms with Crippen molar-refractivity contribution < 1.29 is 0 Å². The molecule has 0 radical (unpaired) electrons. The number of hydrogen-bond donors (Lipinski definition) is 1. The molecule has 2 heterocycles. The summed E-state index contributed by atoms with van der Waals surface area (Å²) in [5, 5.41) is 10.2. The van der Waals surface area contributed by atoms with Crippen molar-refractivity contribution in [2.75, 3.05) is 0 Å². The molecule has 0 bridgehead atoms. The average molecular weight is 298 g/mol. The third-order valence-electron chi connectivity index (χ3n) is 3.73. The summed E-state index contributed by atoms with van der Waals surface area (Å²) in [6, 6.07) is 7.96. The van der Waals surface area contributed by atoms with Crippen molar-refractivity contribution in [3.63, 3.8) is 0 Å². The second-order valence-electron chi connectivity index (χ2n) is 5.40. The van der Waals surface area contributed by atoms with Crippen molar-refractivity contribution in [2.45, 2.75) is 30.3 Å². The Morgan fingerprint density at radius 2 is 2.14 bits per heavy atom. The molecule has 5 nitrogen and oxygen atoms in total. The molecule has 0 unspecified atom stereocenters. The van der Waals surface area contributed by atoms with Gasteiger partial charge >= 0.3 is 0 Å². The molecule has 2 aromatic heterocycles. The maximum absolute atomic E-state index is 12.4. The van der Waals surface area contributed by atoms with Gasteiger partial charge in [0.15, 0.2) is 0 Å². The largest absolute Gasteiger partial charge is 0.274 e. The van der Waals surface area contributed by atoms with E-state index in [9.17, 15) is 4.79 Å². The lowest BCUT2D eigenvalue weighted by Crippen LogP contribution is -2.23. The Bertz CT molecular complexity index is 879. The summed E-state index contributed by atoms with van der Waals surface area (Å²) < 4.78 is 3.44. The van der Waals surface area contributed by atoms with Crippen LogP contribution in [0.25, 0.3) is 10.8 Å². The summed E-state index contributed by atoms with van der Waals surface area (Å²) in [4.78, 5) is 13.3. The molecule has 4 rings (SSSR count). The van der Waals surface area contributed by atoms with Gasteiger partial charge < -0.3 is 0 Å². The van der Waals surface area contributed by atoms with Crippen molar-refractivity contribution in [1.29, 1.82) is 0 Å². The second-order valence-corrected chi connectivity index (χ2v) is 5.91. The Morgan fingerprint density at radius 1 is 1.29 bits per heavy atom. The molecule has 1 aliphatic rings. The molecule has 106 valence electrons. The van der Waals surface area contributed by atoms with E-state index in [1.165, 1.54) is 17.5 Å². The van der Waals surface area contributed by atoms with Gasteiger partial charge in [-0.2, -0.15) is 10.2 Å². The molecule has 1 saturated carbocycles. The quantitative estimate of drug-likeness (QED) is 0.755. The van der Waals surface area contributed by atoms with Gasteiger partial charge in [0, 0.05) is 16.5 Å². The maximum atomic E-state index is 12.4. The Morgan fingerprint density at radius 3 is 2.95 bits per heavy atom. The topological polar surface area (TPSA) is 52.7 Å². The van der Waals surface area contributed by atoms with E-state index < -0.39 is 0 Å². The van der Waals surface area contributed by atoms with Crippen LogP contribution >= 0.6 is 12.6 Å². The van der Waals surface area contributed by atoms with Crippen LogP contribution in [0.5, 0.6) is 0 Å². The van der Waals surface area contributed by atoms with Crippen molar-refractivity contribution in [3.8, 4) is 0 Å². The van der Waals surface area contributed by atoms with Gasteiger partial charge in [0.05, 0.1) is 29.9 Å². The molecule has 1 aromatic carbocycles. The van der Waals surface area contributed by atoms with Gasteiger partial charge in [-0.3, -0.25) is 9.48 Å². The fraction of sp³-hybridized carbons (Fsp3) is 0.267. The SMILES string of the molecule is O=c1c2ccc(S)cc2cnn1Cc1ccn(C2CC2)n1. The normalized spacial score (nSPS) is 14.7. The molecule has 21 heavy (non-hydrogen) atoms. The van der Waals surface area contributed by atoms with E-state index in [4.69, 9.17) is 0 Å². The molecular formula is C15H14N4OS. The van der Waals surface area contributed by atoms with Gasteiger partial charge in [-0.05, 0) is 37.1 Å². The molecule has 3 aromatic rings. The molecule has 0 saturated heterocycles. The van der Waals surface area contributed by atoms with E-state index in [1.54, 1.807) is 12.3 Å². The lowest BCUT2D eigenvalue weighted by Gasteiger charge is -2.04. The van der Waals surface area contributed by atoms with E-state index in [0.29, 0.717) is 18.0 Å². The molecule has 1 fully saturated rings. The minimum atomic E-state index is -0.0956. The Balaban J connectivity index is 1.70. The number of hydrogen-bond acceptors (Lipinski definition) is 4. The zero-order valence-corrected chi connectivity index (χ0v) is 12.2. The highest BCUT2D eigenvalue weighted by Crippen LogP contribution is 2.33. The first-order valence-electron chi connectivity index (χ1n) is 6.93. The van der Waals surface area contributed by atoms with E-state index in [-0.39, 0.29) is 5.56 Å². The number of aromatic nitrogens is 4. The average Bonchev–Trinajstić information content (AvgIpc) is 3.22. The first-order valence-corrected chi connectivity index (χ1v) is 7.38. The molecular weight excluding hydrogens is 284 g/mol. The monoisotopic (exact) mass is 298 g/mol. The highest BCUT2D eigenvalue weighted by Gasteiger charge is 2.24. The number of benzene rings is 1. The lowest BCUT2D eigenvalue weighted by molar-refractivity contribution is 0.593. The van der Waals surface area contributed by atoms with Crippen LogP contribution in [0.1, 0.15) is 24.6 Å². The predicted octanol–water partition coefficient (Wildman–Crippen LogP) is 2.26. The molecule has 0 aliphatic heterocycles. The van der Waals surface area contributed by atoms with Gasteiger partial charge in [-0.15, -0.1) is 12.6 Å². The zero-order valence-electron chi connectivity index (χ0n) is 11.3. The number of nitrogens with zero attached hydrogens (tertiary/aromatic N) is 4. The first-order chi connectivity index (χ1) is 10.2. The molecule has 1 aliphatic carbocycles. The van der Waals surface area contributed by atoms with Gasteiger partial charge in [-0.1, -0.05) is 0 Å². The fourth-order valence-electron chi connectivity index (χ4n) is 2.45. The summed E-state index contributed by atoms with van der Waals surface area (Å²) >= 11 is 4.28. The Labute approximate surface area is 126 Å². The maximum Gasteiger partial charge on any atom is 0.274 e. The summed E-state index contributed by atoms with van der Waals surface area (Å²) in [6.07, 6.45) is 6.07. The molecule has 0 amide bonds. The van der Waals surface area contributed by atoms with Crippen LogP contribution in [0.15, 0.2) is 46.3 Å². The summed E-state index contributed by atoms with van der Waals surface area (Å²) in [7, 11) is 0. The van der Waals surface area contributed by atoms with Crippen LogP contribution in [-0.4, -0.2) is 19.6 Å². The Kier molecular flexibility index (Phi) is 2.85. The van der Waals surface area contributed by atoms with E-state index in [0.717, 1.165) is 16.0 Å². The summed E-state index contributed by atoms with van der Waals surface area (Å²) in [6.45, 7) is 0.400. The fourth-order valence-corrected chi connectivity index (χ4v) is 2.66. The smallest absolute Gasteiger partial charge is 0.269 e. The van der Waals surface area contributed by atoms with Gasteiger partial charge in [0.1, 0.15) is 0 Å². The van der Waals surface area contributed by atoms with Crippen molar-refractivity contribution in [1.82, 2.24) is 19.6 Å².